The van der Waals surface area contributed by atoms with Gasteiger partial charge >= 0.3 is 0 Å². The first-order valence-corrected chi connectivity index (χ1v) is 12.2. The third-order valence-corrected chi connectivity index (χ3v) is 7.24. The van der Waals surface area contributed by atoms with Crippen LogP contribution in [0.5, 0.6) is 0 Å². The van der Waals surface area contributed by atoms with Gasteiger partial charge in [0.2, 0.25) is 11.8 Å². The minimum absolute atomic E-state index is 0.0896. The zero-order chi connectivity index (χ0) is 24.2. The molecule has 182 valence electrons. The van der Waals surface area contributed by atoms with Gasteiger partial charge < -0.3 is 19.0 Å². The van der Waals surface area contributed by atoms with Crippen molar-refractivity contribution in [1.82, 2.24) is 9.80 Å². The molecule has 0 N–H and O–H groups in total. The largest absolute Gasteiger partial charge is 0.469 e. The SMILES string of the molecule is C=CCCCCN1CC[C@@H](c2coc(CCC=C)c2)[C@@](C)(C(=O)N2C(C)COC2(C)C)C1=O. The fourth-order valence-electron chi connectivity index (χ4n) is 5.35. The van der Waals surface area contributed by atoms with Crippen LogP contribution in [0.1, 0.15) is 77.0 Å². The Hall–Kier alpha value is -2.34. The van der Waals surface area contributed by atoms with Crippen molar-refractivity contribution in [3.63, 3.8) is 0 Å². The van der Waals surface area contributed by atoms with Gasteiger partial charge in [0.15, 0.2) is 0 Å². The highest BCUT2D eigenvalue weighted by atomic mass is 16.5. The van der Waals surface area contributed by atoms with Crippen molar-refractivity contribution in [3.8, 4) is 0 Å². The number of rotatable bonds is 10. The molecule has 2 aliphatic heterocycles. The first-order valence-electron chi connectivity index (χ1n) is 12.2. The molecule has 0 aromatic carbocycles. The number of hydrogen-bond donors (Lipinski definition) is 0. The van der Waals surface area contributed by atoms with E-state index in [4.69, 9.17) is 9.15 Å². The maximum atomic E-state index is 14.2. The van der Waals surface area contributed by atoms with Crippen LogP contribution in [0.15, 0.2) is 42.1 Å². The lowest BCUT2D eigenvalue weighted by atomic mass is 9.67. The number of ether oxygens (including phenoxy) is 1. The summed E-state index contributed by atoms with van der Waals surface area (Å²) in [5.74, 6) is 0.368. The molecule has 2 amide bonds. The van der Waals surface area contributed by atoms with Gasteiger partial charge in [-0.3, -0.25) is 9.59 Å². The van der Waals surface area contributed by atoms with E-state index in [1.54, 1.807) is 11.2 Å². The van der Waals surface area contributed by atoms with E-state index in [2.05, 4.69) is 13.2 Å². The highest BCUT2D eigenvalue weighted by Crippen LogP contribution is 2.47. The maximum Gasteiger partial charge on any atom is 0.241 e. The van der Waals surface area contributed by atoms with E-state index in [1.807, 2.05) is 50.8 Å². The number of unbranched alkanes of at least 4 members (excludes halogenated alkanes) is 2. The molecule has 1 unspecified atom stereocenters. The zero-order valence-electron chi connectivity index (χ0n) is 20.8. The Kier molecular flexibility index (Phi) is 7.88. The number of carbonyl (C=O) groups is 2. The third kappa shape index (κ3) is 4.96. The molecule has 0 bridgehead atoms. The molecule has 33 heavy (non-hydrogen) atoms. The minimum Gasteiger partial charge on any atom is -0.469 e. The number of hydrogen-bond acceptors (Lipinski definition) is 4. The Bertz CT molecular complexity index is 873. The Morgan fingerprint density at radius 3 is 2.58 bits per heavy atom. The summed E-state index contributed by atoms with van der Waals surface area (Å²) in [4.78, 5) is 31.8. The van der Waals surface area contributed by atoms with E-state index >= 15 is 0 Å². The maximum absolute atomic E-state index is 14.2. The molecule has 2 aliphatic rings. The standard InChI is InChI=1S/C27H40N2O4/c1-7-9-11-12-15-28-16-14-23(21-17-22(32-19-21)13-10-8-2)27(6,24(28)30)25(31)29-20(3)18-33-26(29,4)5/h7-8,17,19-20,23H,1-2,9-16,18H2,3-6H3/t20?,23-,27+/m0/s1. The van der Waals surface area contributed by atoms with Gasteiger partial charge in [-0.2, -0.15) is 0 Å². The van der Waals surface area contributed by atoms with Crippen LogP contribution in [0, 0.1) is 5.41 Å². The molecular formula is C27H40N2O4. The topological polar surface area (TPSA) is 63.0 Å². The normalized spacial score (nSPS) is 27.1. The number of likely N-dealkylation sites (tertiary alicyclic amines) is 1. The van der Waals surface area contributed by atoms with Crippen LogP contribution in [0.3, 0.4) is 0 Å². The van der Waals surface area contributed by atoms with Gasteiger partial charge in [-0.1, -0.05) is 12.2 Å². The lowest BCUT2D eigenvalue weighted by Crippen LogP contribution is -2.62. The molecule has 3 heterocycles. The molecule has 2 fully saturated rings. The number of furan rings is 1. The van der Waals surface area contributed by atoms with Crippen molar-refractivity contribution in [3.05, 3.63) is 49.0 Å². The molecule has 3 rings (SSSR count). The summed E-state index contributed by atoms with van der Waals surface area (Å²) in [5, 5.41) is 0. The molecule has 1 aromatic rings. The van der Waals surface area contributed by atoms with Crippen LogP contribution in [0.25, 0.3) is 0 Å². The van der Waals surface area contributed by atoms with Gasteiger partial charge in [-0.05, 0) is 71.4 Å². The molecule has 3 atom stereocenters. The van der Waals surface area contributed by atoms with E-state index in [-0.39, 0.29) is 23.8 Å². The first-order chi connectivity index (χ1) is 15.7. The summed E-state index contributed by atoms with van der Waals surface area (Å²) < 4.78 is 11.7. The Labute approximate surface area is 198 Å². The second-order valence-electron chi connectivity index (χ2n) is 10.1. The van der Waals surface area contributed by atoms with E-state index in [0.29, 0.717) is 19.7 Å². The van der Waals surface area contributed by atoms with Gasteiger partial charge in [-0.25, -0.2) is 0 Å². The Balaban J connectivity index is 1.94. The Morgan fingerprint density at radius 1 is 1.21 bits per heavy atom. The summed E-state index contributed by atoms with van der Waals surface area (Å²) in [6, 6.07) is 1.93. The van der Waals surface area contributed by atoms with E-state index in [0.717, 1.165) is 49.8 Å². The second kappa shape index (κ2) is 10.3. The molecule has 0 aliphatic carbocycles. The molecule has 0 spiro atoms. The molecule has 6 heteroatoms. The van der Waals surface area contributed by atoms with Crippen molar-refractivity contribution in [1.29, 1.82) is 0 Å². The Morgan fingerprint density at radius 2 is 1.94 bits per heavy atom. The zero-order valence-corrected chi connectivity index (χ0v) is 20.8. The van der Waals surface area contributed by atoms with Crippen LogP contribution >= 0.6 is 0 Å². The van der Waals surface area contributed by atoms with Gasteiger partial charge in [0.05, 0.1) is 18.9 Å². The summed E-state index contributed by atoms with van der Waals surface area (Å²) >= 11 is 0. The van der Waals surface area contributed by atoms with Gasteiger partial charge in [-0.15, -0.1) is 13.2 Å². The van der Waals surface area contributed by atoms with E-state index in [9.17, 15) is 9.59 Å². The second-order valence-corrected chi connectivity index (χ2v) is 10.1. The number of carbonyl (C=O) groups excluding carboxylic acids is 2. The molecule has 6 nitrogen and oxygen atoms in total. The minimum atomic E-state index is -1.21. The molecule has 0 saturated carbocycles. The first kappa shape index (κ1) is 25.3. The molecular weight excluding hydrogens is 416 g/mol. The quantitative estimate of drug-likeness (QED) is 0.280. The highest BCUT2D eigenvalue weighted by molar-refractivity contribution is 6.06. The van der Waals surface area contributed by atoms with Gasteiger partial charge in [0.25, 0.3) is 0 Å². The fourth-order valence-corrected chi connectivity index (χ4v) is 5.35. The average Bonchev–Trinajstić information content (AvgIpc) is 3.35. The average molecular weight is 457 g/mol. The summed E-state index contributed by atoms with van der Waals surface area (Å²) in [5.41, 5.74) is -1.03. The summed E-state index contributed by atoms with van der Waals surface area (Å²) in [6.45, 7) is 16.9. The van der Waals surface area contributed by atoms with Crippen LogP contribution in [0.2, 0.25) is 0 Å². The van der Waals surface area contributed by atoms with Gasteiger partial charge in [0.1, 0.15) is 16.9 Å². The van der Waals surface area contributed by atoms with Crippen molar-refractivity contribution in [2.45, 2.75) is 83.9 Å². The lowest BCUT2D eigenvalue weighted by molar-refractivity contribution is -0.169. The molecule has 0 radical (unpaired) electrons. The van der Waals surface area contributed by atoms with Crippen molar-refractivity contribution < 1.29 is 18.7 Å². The van der Waals surface area contributed by atoms with Crippen molar-refractivity contribution in [2.24, 2.45) is 5.41 Å². The number of piperidine rings is 1. The summed E-state index contributed by atoms with van der Waals surface area (Å²) in [6.07, 6.45) is 10.6. The van der Waals surface area contributed by atoms with Crippen LogP contribution in [-0.4, -0.2) is 53.1 Å². The van der Waals surface area contributed by atoms with Crippen LogP contribution in [-0.2, 0) is 20.7 Å². The van der Waals surface area contributed by atoms with E-state index < -0.39 is 11.1 Å². The predicted molar refractivity (Wildman–Crippen MR) is 130 cm³/mol. The fraction of sp³-hybridized carbons (Fsp3) is 0.630. The van der Waals surface area contributed by atoms with Gasteiger partial charge in [0, 0.05) is 25.4 Å². The molecule has 1 aromatic heterocycles. The number of amides is 2. The molecule has 2 saturated heterocycles. The third-order valence-electron chi connectivity index (χ3n) is 7.24. The number of aryl methyl sites for hydroxylation is 1. The highest BCUT2D eigenvalue weighted by Gasteiger charge is 2.58. The number of allylic oxidation sites excluding steroid dienone is 2. The lowest BCUT2D eigenvalue weighted by Gasteiger charge is -2.47. The number of nitrogens with zero attached hydrogens (tertiary/aromatic N) is 2. The smallest absolute Gasteiger partial charge is 0.241 e. The van der Waals surface area contributed by atoms with Crippen molar-refractivity contribution >= 4 is 11.8 Å². The van der Waals surface area contributed by atoms with Crippen LogP contribution in [0.4, 0.5) is 0 Å². The van der Waals surface area contributed by atoms with E-state index in [1.165, 1.54) is 0 Å². The monoisotopic (exact) mass is 456 g/mol. The summed E-state index contributed by atoms with van der Waals surface area (Å²) in [7, 11) is 0. The van der Waals surface area contributed by atoms with Crippen LogP contribution < -0.4 is 0 Å². The predicted octanol–water partition coefficient (Wildman–Crippen LogP) is 5.06. The van der Waals surface area contributed by atoms with Crippen molar-refractivity contribution in [2.75, 3.05) is 19.7 Å².